The Morgan fingerprint density at radius 2 is 1.82 bits per heavy atom. The number of nitrogens with one attached hydrogen (secondary N) is 1. The molecule has 2 rings (SSSR count). The van der Waals surface area contributed by atoms with E-state index >= 15 is 0 Å². The lowest BCUT2D eigenvalue weighted by atomic mass is 10.1. The molecule has 0 aliphatic carbocycles. The van der Waals surface area contributed by atoms with Crippen molar-refractivity contribution in [2.24, 2.45) is 0 Å². The largest absolute Gasteiger partial charge is 0.355 e. The molecule has 0 spiro atoms. The van der Waals surface area contributed by atoms with Crippen molar-refractivity contribution >= 4 is 39.5 Å². The molecule has 1 atom stereocenters. The van der Waals surface area contributed by atoms with Crippen LogP contribution in [0.1, 0.15) is 30.5 Å². The van der Waals surface area contributed by atoms with E-state index in [4.69, 9.17) is 0 Å². The monoisotopic (exact) mass is 462 g/mol. The van der Waals surface area contributed by atoms with Crippen LogP contribution in [0.3, 0.4) is 0 Å². The van der Waals surface area contributed by atoms with Gasteiger partial charge in [-0.25, -0.2) is 0 Å². The number of carbonyl (C=O) groups is 2. The van der Waals surface area contributed by atoms with E-state index in [1.165, 1.54) is 11.1 Å². The Hall–Kier alpha value is -1.79. The van der Waals surface area contributed by atoms with Crippen molar-refractivity contribution in [3.63, 3.8) is 0 Å². The van der Waals surface area contributed by atoms with Gasteiger partial charge in [0.1, 0.15) is 6.04 Å². The summed E-state index contributed by atoms with van der Waals surface area (Å²) in [6.45, 7) is 6.70. The third-order valence-corrected chi connectivity index (χ3v) is 6.02. The van der Waals surface area contributed by atoms with Crippen molar-refractivity contribution in [2.45, 2.75) is 39.1 Å². The molecule has 0 unspecified atom stereocenters. The maximum Gasteiger partial charge on any atom is 0.242 e. The highest BCUT2D eigenvalue weighted by atomic mass is 79.9. The average molecular weight is 463 g/mol. The van der Waals surface area contributed by atoms with E-state index in [0.29, 0.717) is 18.8 Å². The van der Waals surface area contributed by atoms with Crippen molar-refractivity contribution in [1.29, 1.82) is 0 Å². The summed E-state index contributed by atoms with van der Waals surface area (Å²) in [4.78, 5) is 27.0. The van der Waals surface area contributed by atoms with Crippen LogP contribution in [-0.2, 0) is 21.9 Å². The first-order valence-electron chi connectivity index (χ1n) is 9.36. The van der Waals surface area contributed by atoms with Crippen molar-refractivity contribution in [3.05, 3.63) is 69.7 Å². The van der Waals surface area contributed by atoms with E-state index in [1.54, 1.807) is 23.6 Å². The zero-order chi connectivity index (χ0) is 20.5. The molecule has 6 heteroatoms. The number of halogens is 1. The predicted molar refractivity (Wildman–Crippen MR) is 120 cm³/mol. The van der Waals surface area contributed by atoms with Crippen LogP contribution in [0.15, 0.2) is 53.0 Å². The molecule has 0 aliphatic heterocycles. The number of rotatable bonds is 9. The third kappa shape index (κ3) is 6.67. The van der Waals surface area contributed by atoms with Gasteiger partial charge in [-0.1, -0.05) is 52.3 Å². The molecule has 2 aromatic rings. The molecule has 4 nitrogen and oxygen atoms in total. The fourth-order valence-electron chi connectivity index (χ4n) is 2.79. The molecular weight excluding hydrogens is 436 g/mol. The van der Waals surface area contributed by atoms with Gasteiger partial charge in [0, 0.05) is 23.3 Å². The van der Waals surface area contributed by atoms with Crippen LogP contribution in [-0.4, -0.2) is 35.1 Å². The summed E-state index contributed by atoms with van der Waals surface area (Å²) in [7, 11) is 0. The molecule has 0 saturated heterocycles. The number of hydrogen-bond donors (Lipinski definition) is 1. The number of carbonyl (C=O) groups excluding carboxylic acids is 2. The number of aryl methyl sites for hydroxylation is 1. The van der Waals surface area contributed by atoms with Gasteiger partial charge in [0.25, 0.3) is 0 Å². The minimum Gasteiger partial charge on any atom is -0.355 e. The summed E-state index contributed by atoms with van der Waals surface area (Å²) < 4.78 is 0.986. The van der Waals surface area contributed by atoms with Crippen molar-refractivity contribution in [1.82, 2.24) is 10.2 Å². The Labute approximate surface area is 180 Å². The van der Waals surface area contributed by atoms with Gasteiger partial charge in [-0.2, -0.15) is 0 Å². The molecule has 0 heterocycles. The van der Waals surface area contributed by atoms with Crippen LogP contribution in [0.25, 0.3) is 0 Å². The topological polar surface area (TPSA) is 49.4 Å². The van der Waals surface area contributed by atoms with Crippen LogP contribution in [0, 0.1) is 6.92 Å². The van der Waals surface area contributed by atoms with Gasteiger partial charge in [0.05, 0.1) is 5.75 Å². The molecule has 0 saturated carbocycles. The molecule has 0 radical (unpaired) electrons. The second-order valence-corrected chi connectivity index (χ2v) is 8.54. The fraction of sp³-hybridized carbons (Fsp3) is 0.364. The second-order valence-electron chi connectivity index (χ2n) is 6.64. The molecule has 1 N–H and O–H groups in total. The van der Waals surface area contributed by atoms with Gasteiger partial charge in [0.2, 0.25) is 11.8 Å². The summed E-state index contributed by atoms with van der Waals surface area (Å²) in [5.74, 6) is 0.964. The number of likely N-dealkylation sites (N-methyl/N-ethyl adjacent to an activating group) is 1. The van der Waals surface area contributed by atoms with Crippen molar-refractivity contribution < 1.29 is 9.59 Å². The fourth-order valence-corrected chi connectivity index (χ4v) is 4.04. The van der Waals surface area contributed by atoms with Crippen LogP contribution < -0.4 is 5.32 Å². The SMILES string of the molecule is CCNC(=O)[C@H](C)N(Cc1ccc(Br)cc1)C(=O)CSCc1ccccc1C. The first-order valence-corrected chi connectivity index (χ1v) is 11.3. The number of benzene rings is 2. The van der Waals surface area contributed by atoms with Crippen LogP contribution >= 0.6 is 27.7 Å². The molecule has 28 heavy (non-hydrogen) atoms. The van der Waals surface area contributed by atoms with E-state index in [1.807, 2.05) is 43.3 Å². The molecule has 0 aliphatic rings. The number of thioether (sulfide) groups is 1. The summed E-state index contributed by atoms with van der Waals surface area (Å²) in [6.07, 6.45) is 0. The Bertz CT molecular complexity index is 795. The molecule has 2 aromatic carbocycles. The highest BCUT2D eigenvalue weighted by molar-refractivity contribution is 9.10. The maximum atomic E-state index is 13.0. The summed E-state index contributed by atoms with van der Waals surface area (Å²) in [5.41, 5.74) is 3.46. The first kappa shape index (κ1) is 22.5. The van der Waals surface area contributed by atoms with E-state index in [2.05, 4.69) is 40.3 Å². The lowest BCUT2D eigenvalue weighted by Crippen LogP contribution is -2.48. The molecule has 0 fully saturated rings. The van der Waals surface area contributed by atoms with Crippen LogP contribution in [0.2, 0.25) is 0 Å². The van der Waals surface area contributed by atoms with E-state index in [9.17, 15) is 9.59 Å². The number of amides is 2. The quantitative estimate of drug-likeness (QED) is 0.594. The highest BCUT2D eigenvalue weighted by Gasteiger charge is 2.25. The smallest absolute Gasteiger partial charge is 0.242 e. The summed E-state index contributed by atoms with van der Waals surface area (Å²) >= 11 is 5.01. The van der Waals surface area contributed by atoms with E-state index in [-0.39, 0.29) is 11.8 Å². The number of nitrogens with zero attached hydrogens (tertiary/aromatic N) is 1. The van der Waals surface area contributed by atoms with Crippen molar-refractivity contribution in [2.75, 3.05) is 12.3 Å². The molecule has 2 amide bonds. The second kappa shape index (κ2) is 11.3. The van der Waals surface area contributed by atoms with Gasteiger partial charge in [-0.3, -0.25) is 9.59 Å². The minimum absolute atomic E-state index is 0.0275. The van der Waals surface area contributed by atoms with Crippen LogP contribution in [0.4, 0.5) is 0 Å². The van der Waals surface area contributed by atoms with Gasteiger partial charge in [-0.05, 0) is 49.6 Å². The first-order chi connectivity index (χ1) is 13.4. The Morgan fingerprint density at radius 3 is 2.46 bits per heavy atom. The predicted octanol–water partition coefficient (Wildman–Crippen LogP) is 4.54. The average Bonchev–Trinajstić information content (AvgIpc) is 2.68. The maximum absolute atomic E-state index is 13.0. The third-order valence-electron chi connectivity index (χ3n) is 4.53. The van der Waals surface area contributed by atoms with Crippen LogP contribution in [0.5, 0.6) is 0 Å². The molecule has 0 bridgehead atoms. The lowest BCUT2D eigenvalue weighted by Gasteiger charge is -2.28. The Balaban J connectivity index is 2.05. The standard InChI is InChI=1S/C22H27BrN2O2S/c1-4-24-22(27)17(3)25(13-18-9-11-20(23)12-10-18)21(26)15-28-14-19-8-6-5-7-16(19)2/h5-12,17H,4,13-15H2,1-3H3,(H,24,27)/t17-/m0/s1. The molecule has 0 aromatic heterocycles. The summed E-state index contributed by atoms with van der Waals surface area (Å²) in [6, 6.07) is 15.5. The lowest BCUT2D eigenvalue weighted by molar-refractivity contribution is -0.138. The molecule has 150 valence electrons. The van der Waals surface area contributed by atoms with Gasteiger partial charge < -0.3 is 10.2 Å². The Kier molecular flexibility index (Phi) is 9.06. The molecular formula is C22H27BrN2O2S. The number of hydrogen-bond acceptors (Lipinski definition) is 3. The van der Waals surface area contributed by atoms with Gasteiger partial charge >= 0.3 is 0 Å². The Morgan fingerprint density at radius 1 is 1.14 bits per heavy atom. The van der Waals surface area contributed by atoms with Gasteiger partial charge in [-0.15, -0.1) is 11.8 Å². The summed E-state index contributed by atoms with van der Waals surface area (Å²) in [5, 5.41) is 2.82. The minimum atomic E-state index is -0.518. The zero-order valence-corrected chi connectivity index (χ0v) is 19.0. The highest BCUT2D eigenvalue weighted by Crippen LogP contribution is 2.19. The van der Waals surface area contributed by atoms with E-state index in [0.717, 1.165) is 15.8 Å². The van der Waals surface area contributed by atoms with Gasteiger partial charge in [0.15, 0.2) is 0 Å². The van der Waals surface area contributed by atoms with Crippen molar-refractivity contribution in [3.8, 4) is 0 Å². The normalized spacial score (nSPS) is 11.7. The zero-order valence-electron chi connectivity index (χ0n) is 16.6. The van der Waals surface area contributed by atoms with E-state index < -0.39 is 6.04 Å².